The van der Waals surface area contributed by atoms with Gasteiger partial charge in [-0.25, -0.2) is 4.99 Å². The SMILES string of the molecule is Cn1c(CN=C(N)NCC2CCC2)cc(Cl)c1Cl.I. The summed E-state index contributed by atoms with van der Waals surface area (Å²) in [6, 6.07) is 1.81. The fourth-order valence-electron chi connectivity index (χ4n) is 1.91. The lowest BCUT2D eigenvalue weighted by Crippen LogP contribution is -2.37. The summed E-state index contributed by atoms with van der Waals surface area (Å²) in [6.45, 7) is 1.40. The molecule has 0 radical (unpaired) electrons. The first kappa shape index (κ1) is 16.9. The molecular weight excluding hydrogens is 398 g/mol. The van der Waals surface area contributed by atoms with Crippen LogP contribution < -0.4 is 11.1 Å². The molecule has 1 saturated carbocycles. The summed E-state index contributed by atoms with van der Waals surface area (Å²) in [6.07, 6.45) is 3.93. The molecule has 0 amide bonds. The zero-order valence-corrected chi connectivity index (χ0v) is 14.7. The fourth-order valence-corrected chi connectivity index (χ4v) is 2.32. The summed E-state index contributed by atoms with van der Waals surface area (Å²) in [5, 5.41) is 4.23. The third-order valence-corrected chi connectivity index (χ3v) is 4.27. The molecule has 108 valence electrons. The number of hydrogen-bond acceptors (Lipinski definition) is 1. The smallest absolute Gasteiger partial charge is 0.188 e. The van der Waals surface area contributed by atoms with Gasteiger partial charge in [0.15, 0.2) is 5.96 Å². The number of halogens is 3. The molecule has 1 aromatic rings. The molecule has 1 heterocycles. The maximum atomic E-state index is 5.98. The summed E-state index contributed by atoms with van der Waals surface area (Å²) >= 11 is 11.9. The highest BCUT2D eigenvalue weighted by Crippen LogP contribution is 2.26. The number of nitrogens with two attached hydrogens (primary N) is 1. The van der Waals surface area contributed by atoms with Crippen LogP contribution in [0.4, 0.5) is 0 Å². The molecule has 0 aromatic carbocycles. The monoisotopic (exact) mass is 416 g/mol. The van der Waals surface area contributed by atoms with E-state index in [4.69, 9.17) is 28.9 Å². The number of rotatable bonds is 4. The van der Waals surface area contributed by atoms with Crippen molar-refractivity contribution < 1.29 is 0 Å². The van der Waals surface area contributed by atoms with Gasteiger partial charge in [-0.3, -0.25) is 0 Å². The van der Waals surface area contributed by atoms with Crippen molar-refractivity contribution in [2.75, 3.05) is 6.54 Å². The Kier molecular flexibility index (Phi) is 6.76. The topological polar surface area (TPSA) is 55.3 Å². The van der Waals surface area contributed by atoms with Crippen molar-refractivity contribution in [3.8, 4) is 0 Å². The number of aromatic nitrogens is 1. The number of hydrogen-bond donors (Lipinski definition) is 2. The molecule has 0 atom stereocenters. The quantitative estimate of drug-likeness (QED) is 0.450. The third-order valence-electron chi connectivity index (χ3n) is 3.42. The van der Waals surface area contributed by atoms with Gasteiger partial charge in [-0.05, 0) is 24.8 Å². The normalized spacial score (nSPS) is 15.8. The van der Waals surface area contributed by atoms with Crippen LogP contribution in [0.1, 0.15) is 25.0 Å². The first-order chi connectivity index (χ1) is 8.58. The summed E-state index contributed by atoms with van der Waals surface area (Å²) in [4.78, 5) is 4.29. The molecule has 0 spiro atoms. The van der Waals surface area contributed by atoms with Crippen molar-refractivity contribution in [2.45, 2.75) is 25.8 Å². The van der Waals surface area contributed by atoms with E-state index >= 15 is 0 Å². The van der Waals surface area contributed by atoms with Crippen LogP contribution in [0.15, 0.2) is 11.1 Å². The molecule has 3 N–H and O–H groups in total. The van der Waals surface area contributed by atoms with Crippen molar-refractivity contribution in [1.29, 1.82) is 0 Å². The van der Waals surface area contributed by atoms with E-state index in [0.29, 0.717) is 22.7 Å². The molecule has 1 aliphatic rings. The molecule has 0 saturated heterocycles. The van der Waals surface area contributed by atoms with Crippen molar-refractivity contribution >= 4 is 53.1 Å². The van der Waals surface area contributed by atoms with Gasteiger partial charge < -0.3 is 15.6 Å². The zero-order valence-electron chi connectivity index (χ0n) is 10.8. The van der Waals surface area contributed by atoms with E-state index in [-0.39, 0.29) is 24.0 Å². The molecule has 1 aliphatic carbocycles. The molecule has 7 heteroatoms. The summed E-state index contributed by atoms with van der Waals surface area (Å²) in [7, 11) is 1.86. The van der Waals surface area contributed by atoms with Crippen LogP contribution in [-0.2, 0) is 13.6 Å². The maximum Gasteiger partial charge on any atom is 0.188 e. The molecule has 0 bridgehead atoms. The largest absolute Gasteiger partial charge is 0.370 e. The highest BCUT2D eigenvalue weighted by molar-refractivity contribution is 14.0. The van der Waals surface area contributed by atoms with Gasteiger partial charge in [0.2, 0.25) is 0 Å². The van der Waals surface area contributed by atoms with Gasteiger partial charge in [-0.2, -0.15) is 0 Å². The van der Waals surface area contributed by atoms with Crippen molar-refractivity contribution in [1.82, 2.24) is 9.88 Å². The number of aliphatic imine (C=N–C) groups is 1. The molecule has 0 unspecified atom stereocenters. The fraction of sp³-hybridized carbons (Fsp3) is 0.583. The van der Waals surface area contributed by atoms with Gasteiger partial charge in [0.05, 0.1) is 11.6 Å². The summed E-state index contributed by atoms with van der Waals surface area (Å²) < 4.78 is 1.81. The first-order valence-electron chi connectivity index (χ1n) is 6.11. The van der Waals surface area contributed by atoms with Gasteiger partial charge in [0, 0.05) is 19.3 Å². The van der Waals surface area contributed by atoms with Crippen LogP contribution in [-0.4, -0.2) is 17.1 Å². The molecule has 0 aliphatic heterocycles. The van der Waals surface area contributed by atoms with Gasteiger partial charge in [0.1, 0.15) is 5.15 Å². The van der Waals surface area contributed by atoms with E-state index in [1.165, 1.54) is 19.3 Å². The van der Waals surface area contributed by atoms with Gasteiger partial charge in [-0.15, -0.1) is 24.0 Å². The lowest BCUT2D eigenvalue weighted by atomic mass is 9.85. The number of guanidine groups is 1. The number of nitrogens with one attached hydrogen (secondary N) is 1. The van der Waals surface area contributed by atoms with Crippen LogP contribution in [0, 0.1) is 5.92 Å². The molecular formula is C12H19Cl2IN4. The minimum atomic E-state index is 0. The summed E-state index contributed by atoms with van der Waals surface area (Å²) in [5.41, 5.74) is 6.75. The zero-order chi connectivity index (χ0) is 13.1. The minimum absolute atomic E-state index is 0. The number of nitrogens with zero attached hydrogens (tertiary/aromatic N) is 2. The van der Waals surface area contributed by atoms with Gasteiger partial charge in [-0.1, -0.05) is 29.6 Å². The molecule has 4 nitrogen and oxygen atoms in total. The van der Waals surface area contributed by atoms with E-state index in [0.717, 1.165) is 18.2 Å². The van der Waals surface area contributed by atoms with Crippen LogP contribution >= 0.6 is 47.2 Å². The van der Waals surface area contributed by atoms with Crippen LogP contribution in [0.3, 0.4) is 0 Å². The predicted octanol–water partition coefficient (Wildman–Crippen LogP) is 3.15. The lowest BCUT2D eigenvalue weighted by molar-refractivity contribution is 0.315. The van der Waals surface area contributed by atoms with Gasteiger partial charge in [0.25, 0.3) is 0 Å². The summed E-state index contributed by atoms with van der Waals surface area (Å²) in [5.74, 6) is 1.24. The third kappa shape index (κ3) is 4.43. The Balaban J connectivity index is 0.00000180. The van der Waals surface area contributed by atoms with Crippen LogP contribution in [0.2, 0.25) is 10.2 Å². The second-order valence-corrected chi connectivity index (χ2v) is 5.48. The second-order valence-electron chi connectivity index (χ2n) is 4.71. The van der Waals surface area contributed by atoms with E-state index < -0.39 is 0 Å². The molecule has 2 rings (SSSR count). The Bertz CT molecular complexity index is 455. The van der Waals surface area contributed by atoms with E-state index in [1.54, 1.807) is 0 Å². The Hall–Kier alpha value is -0.140. The van der Waals surface area contributed by atoms with Crippen LogP contribution in [0.25, 0.3) is 0 Å². The molecule has 1 aromatic heterocycles. The maximum absolute atomic E-state index is 5.98. The Labute approximate surface area is 140 Å². The Morgan fingerprint density at radius 3 is 2.68 bits per heavy atom. The Morgan fingerprint density at radius 2 is 2.21 bits per heavy atom. The van der Waals surface area contributed by atoms with Crippen molar-refractivity contribution in [3.63, 3.8) is 0 Å². The lowest BCUT2D eigenvalue weighted by Gasteiger charge is -2.25. The van der Waals surface area contributed by atoms with E-state index in [2.05, 4.69) is 10.3 Å². The highest BCUT2D eigenvalue weighted by atomic mass is 127. The van der Waals surface area contributed by atoms with Crippen LogP contribution in [0.5, 0.6) is 0 Å². The average Bonchev–Trinajstić information content (AvgIpc) is 2.52. The van der Waals surface area contributed by atoms with E-state index in [9.17, 15) is 0 Å². The van der Waals surface area contributed by atoms with E-state index in [1.807, 2.05) is 17.7 Å². The minimum Gasteiger partial charge on any atom is -0.370 e. The first-order valence-corrected chi connectivity index (χ1v) is 6.87. The second kappa shape index (κ2) is 7.59. The standard InChI is InChI=1S/C12H18Cl2N4.HI/c1-18-9(5-10(13)11(18)14)7-17-12(15)16-6-8-3-2-4-8;/h5,8H,2-4,6-7H2,1H3,(H3,15,16,17);1H. The van der Waals surface area contributed by atoms with Crippen molar-refractivity contribution in [3.05, 3.63) is 21.9 Å². The molecule has 19 heavy (non-hydrogen) atoms. The average molecular weight is 417 g/mol. The van der Waals surface area contributed by atoms with Gasteiger partial charge >= 0.3 is 0 Å². The molecule has 1 fully saturated rings. The van der Waals surface area contributed by atoms with Crippen molar-refractivity contribution in [2.24, 2.45) is 23.7 Å². The highest BCUT2D eigenvalue weighted by Gasteiger charge is 2.16. The Morgan fingerprint density at radius 1 is 1.53 bits per heavy atom. The predicted molar refractivity (Wildman–Crippen MR) is 91.5 cm³/mol.